The van der Waals surface area contributed by atoms with Crippen LogP contribution in [-0.4, -0.2) is 25.3 Å². The van der Waals surface area contributed by atoms with Crippen molar-refractivity contribution >= 4 is 0 Å². The highest BCUT2D eigenvalue weighted by molar-refractivity contribution is 5.23. The molecule has 0 aliphatic heterocycles. The van der Waals surface area contributed by atoms with Crippen molar-refractivity contribution in [3.63, 3.8) is 0 Å². The van der Waals surface area contributed by atoms with Crippen LogP contribution in [-0.2, 0) is 4.74 Å². The molecule has 2 unspecified atom stereocenters. The van der Waals surface area contributed by atoms with Crippen LogP contribution in [0.15, 0.2) is 24.3 Å². The highest BCUT2D eigenvalue weighted by Gasteiger charge is 2.33. The molecule has 1 aromatic carbocycles. The number of methoxy groups -OCH3 is 1. The molecule has 2 nitrogen and oxygen atoms in total. The zero-order valence-electron chi connectivity index (χ0n) is 11.4. The van der Waals surface area contributed by atoms with Crippen LogP contribution in [0.1, 0.15) is 43.6 Å². The van der Waals surface area contributed by atoms with Crippen molar-refractivity contribution in [2.45, 2.75) is 56.2 Å². The molecule has 3 rings (SSSR count). The molecule has 0 radical (unpaired) electrons. The molecule has 0 aromatic heterocycles. The quantitative estimate of drug-likeness (QED) is 0.900. The molecule has 0 heterocycles. The van der Waals surface area contributed by atoms with Crippen molar-refractivity contribution in [3.8, 4) is 0 Å². The van der Waals surface area contributed by atoms with Gasteiger partial charge in [-0.2, -0.15) is 0 Å². The van der Waals surface area contributed by atoms with Crippen LogP contribution in [0.5, 0.6) is 0 Å². The predicted octanol–water partition coefficient (Wildman–Crippen LogP) is 3.23. The second kappa shape index (κ2) is 5.59. The summed E-state index contributed by atoms with van der Waals surface area (Å²) in [5.41, 5.74) is 1.28. The van der Waals surface area contributed by atoms with Crippen LogP contribution >= 0.6 is 0 Å². The van der Waals surface area contributed by atoms with Crippen LogP contribution in [0.3, 0.4) is 0 Å². The van der Waals surface area contributed by atoms with Gasteiger partial charge in [0.1, 0.15) is 5.82 Å². The maximum Gasteiger partial charge on any atom is 0.123 e. The van der Waals surface area contributed by atoms with Gasteiger partial charge in [-0.1, -0.05) is 12.1 Å². The number of hydrogen-bond acceptors (Lipinski definition) is 2. The van der Waals surface area contributed by atoms with E-state index in [1.165, 1.54) is 31.2 Å². The lowest BCUT2D eigenvalue weighted by Crippen LogP contribution is -2.44. The summed E-state index contributed by atoms with van der Waals surface area (Å²) in [5, 5.41) is 3.74. The van der Waals surface area contributed by atoms with Crippen LogP contribution in [0.2, 0.25) is 0 Å². The number of halogens is 1. The number of ether oxygens (including phenoxy) is 1. The van der Waals surface area contributed by atoms with E-state index in [2.05, 4.69) is 5.32 Å². The smallest absolute Gasteiger partial charge is 0.123 e. The summed E-state index contributed by atoms with van der Waals surface area (Å²) < 4.78 is 18.3. The number of hydrogen-bond donors (Lipinski definition) is 1. The van der Waals surface area contributed by atoms with Gasteiger partial charge in [0, 0.05) is 19.2 Å². The second-order valence-electron chi connectivity index (χ2n) is 5.95. The van der Waals surface area contributed by atoms with Gasteiger partial charge >= 0.3 is 0 Å². The first kappa shape index (κ1) is 13.1. The first-order valence-electron chi connectivity index (χ1n) is 7.29. The summed E-state index contributed by atoms with van der Waals surface area (Å²) in [6.07, 6.45) is 6.37. The average Bonchev–Trinajstić information content (AvgIpc) is 2.82. The Balaban J connectivity index is 1.44. The average molecular weight is 263 g/mol. The molecule has 19 heavy (non-hydrogen) atoms. The normalized spacial score (nSPS) is 34.2. The molecule has 2 saturated carbocycles. The molecule has 1 N–H and O–H groups in total. The molecule has 104 valence electrons. The van der Waals surface area contributed by atoms with Gasteiger partial charge in [0.25, 0.3) is 0 Å². The van der Waals surface area contributed by atoms with Gasteiger partial charge in [-0.25, -0.2) is 4.39 Å². The number of rotatable bonds is 4. The van der Waals surface area contributed by atoms with Gasteiger partial charge in [-0.05, 0) is 55.7 Å². The summed E-state index contributed by atoms with van der Waals surface area (Å²) >= 11 is 0. The van der Waals surface area contributed by atoms with E-state index in [4.69, 9.17) is 4.74 Å². The van der Waals surface area contributed by atoms with Crippen molar-refractivity contribution < 1.29 is 9.13 Å². The van der Waals surface area contributed by atoms with Crippen molar-refractivity contribution in [1.29, 1.82) is 0 Å². The fourth-order valence-electron chi connectivity index (χ4n) is 3.40. The molecule has 0 spiro atoms. The number of nitrogens with one attached hydrogen (secondary N) is 1. The predicted molar refractivity (Wildman–Crippen MR) is 73.7 cm³/mol. The molecular weight excluding hydrogens is 241 g/mol. The Bertz CT molecular complexity index is 413. The minimum absolute atomic E-state index is 0.144. The first-order chi connectivity index (χ1) is 9.24. The van der Waals surface area contributed by atoms with Gasteiger partial charge in [-0.3, -0.25) is 0 Å². The molecule has 2 atom stereocenters. The van der Waals surface area contributed by atoms with Crippen molar-refractivity contribution in [3.05, 3.63) is 35.6 Å². The Morgan fingerprint density at radius 2 is 1.79 bits per heavy atom. The maximum absolute atomic E-state index is 12.9. The fraction of sp³-hybridized carbons (Fsp3) is 0.625. The van der Waals surface area contributed by atoms with E-state index in [0.717, 1.165) is 6.42 Å². The first-order valence-corrected chi connectivity index (χ1v) is 7.29. The monoisotopic (exact) mass is 263 g/mol. The maximum atomic E-state index is 12.9. The van der Waals surface area contributed by atoms with E-state index in [1.807, 2.05) is 12.1 Å². The molecule has 0 bridgehead atoms. The third-order valence-corrected chi connectivity index (χ3v) is 4.67. The summed E-state index contributed by atoms with van der Waals surface area (Å²) in [6, 6.07) is 8.24. The Kier molecular flexibility index (Phi) is 3.85. The van der Waals surface area contributed by atoms with Crippen molar-refractivity contribution in [2.24, 2.45) is 0 Å². The fourth-order valence-corrected chi connectivity index (χ4v) is 3.40. The molecule has 3 heteroatoms. The number of benzene rings is 1. The Morgan fingerprint density at radius 3 is 2.42 bits per heavy atom. The standard InChI is InChI=1S/C16H22FNO/c1-19-16-7-6-14(10-16)18-15-8-12(9-15)11-2-4-13(17)5-3-11/h2-5,12,14-16,18H,6-10H2,1H3. The third kappa shape index (κ3) is 2.98. The molecule has 2 fully saturated rings. The van der Waals surface area contributed by atoms with E-state index in [-0.39, 0.29) is 5.82 Å². The van der Waals surface area contributed by atoms with E-state index < -0.39 is 0 Å². The van der Waals surface area contributed by atoms with Gasteiger partial charge in [-0.15, -0.1) is 0 Å². The molecule has 0 saturated heterocycles. The molecule has 0 amide bonds. The van der Waals surface area contributed by atoms with Gasteiger partial charge < -0.3 is 10.1 Å². The highest BCUT2D eigenvalue weighted by atomic mass is 19.1. The summed E-state index contributed by atoms with van der Waals surface area (Å²) in [7, 11) is 1.81. The van der Waals surface area contributed by atoms with Gasteiger partial charge in [0.2, 0.25) is 0 Å². The van der Waals surface area contributed by atoms with Gasteiger partial charge in [0.15, 0.2) is 0 Å². The van der Waals surface area contributed by atoms with E-state index in [9.17, 15) is 4.39 Å². The lowest BCUT2D eigenvalue weighted by molar-refractivity contribution is 0.105. The van der Waals surface area contributed by atoms with E-state index >= 15 is 0 Å². The Hall–Kier alpha value is -0.930. The molecule has 2 aliphatic carbocycles. The minimum atomic E-state index is -0.144. The van der Waals surface area contributed by atoms with E-state index in [0.29, 0.717) is 24.1 Å². The molecular formula is C16H22FNO. The Morgan fingerprint density at radius 1 is 1.05 bits per heavy atom. The second-order valence-corrected chi connectivity index (χ2v) is 5.95. The molecule has 2 aliphatic rings. The van der Waals surface area contributed by atoms with Crippen molar-refractivity contribution in [1.82, 2.24) is 5.32 Å². The van der Waals surface area contributed by atoms with E-state index in [1.54, 1.807) is 19.2 Å². The van der Waals surface area contributed by atoms with Gasteiger partial charge in [0.05, 0.1) is 6.10 Å². The summed E-state index contributed by atoms with van der Waals surface area (Å²) in [5.74, 6) is 0.465. The van der Waals surface area contributed by atoms with Crippen LogP contribution in [0, 0.1) is 5.82 Å². The van der Waals surface area contributed by atoms with Crippen LogP contribution < -0.4 is 5.32 Å². The zero-order valence-corrected chi connectivity index (χ0v) is 11.4. The lowest BCUT2D eigenvalue weighted by Gasteiger charge is -2.38. The summed E-state index contributed by atoms with van der Waals surface area (Å²) in [4.78, 5) is 0. The van der Waals surface area contributed by atoms with Crippen LogP contribution in [0.4, 0.5) is 4.39 Å². The summed E-state index contributed by atoms with van der Waals surface area (Å²) in [6.45, 7) is 0. The lowest BCUT2D eigenvalue weighted by atomic mass is 9.75. The topological polar surface area (TPSA) is 21.3 Å². The highest BCUT2D eigenvalue weighted by Crippen LogP contribution is 2.38. The van der Waals surface area contributed by atoms with Crippen molar-refractivity contribution in [2.75, 3.05) is 7.11 Å². The SMILES string of the molecule is COC1CCC(NC2CC(c3ccc(F)cc3)C2)C1. The largest absolute Gasteiger partial charge is 0.381 e. The Labute approximate surface area is 114 Å². The minimum Gasteiger partial charge on any atom is -0.381 e. The van der Waals surface area contributed by atoms with Crippen LogP contribution in [0.25, 0.3) is 0 Å². The zero-order chi connectivity index (χ0) is 13.2. The third-order valence-electron chi connectivity index (χ3n) is 4.67. The molecule has 1 aromatic rings.